The topological polar surface area (TPSA) is 60.0 Å². The normalized spacial score (nSPS) is 10.6. The minimum absolute atomic E-state index is 0.238. The molecule has 0 saturated heterocycles. The number of benzene rings is 2. The number of halogens is 1. The molecule has 0 unspecified atom stereocenters. The monoisotopic (exact) mass is 359 g/mol. The van der Waals surface area contributed by atoms with E-state index >= 15 is 0 Å². The number of nitrogens with two attached hydrogens (primary N) is 1. The summed E-state index contributed by atoms with van der Waals surface area (Å²) in [7, 11) is 0. The van der Waals surface area contributed by atoms with E-state index in [0.717, 1.165) is 16.9 Å². The zero-order valence-corrected chi connectivity index (χ0v) is 14.4. The lowest BCUT2D eigenvalue weighted by molar-refractivity contribution is 0.103. The summed E-state index contributed by atoms with van der Waals surface area (Å²) in [6.07, 6.45) is 0. The summed E-state index contributed by atoms with van der Waals surface area (Å²) in [5.74, 6) is -0.437. The van der Waals surface area contributed by atoms with Crippen LogP contribution in [0.1, 0.15) is 15.2 Å². The van der Waals surface area contributed by atoms with Crippen molar-refractivity contribution in [3.8, 4) is 5.69 Å². The van der Waals surface area contributed by atoms with E-state index in [1.54, 1.807) is 22.8 Å². The third kappa shape index (κ3) is 3.22. The number of carbonyl (C=O) groups excluding carboxylic acids is 1. The quantitative estimate of drug-likeness (QED) is 0.675. The van der Waals surface area contributed by atoms with Crippen molar-refractivity contribution in [2.24, 2.45) is 0 Å². The molecule has 0 saturated carbocycles. The molecule has 0 fully saturated rings. The van der Waals surface area contributed by atoms with E-state index in [9.17, 15) is 9.18 Å². The van der Waals surface area contributed by atoms with Crippen molar-refractivity contribution in [1.82, 2.24) is 4.57 Å². The molecule has 0 aliphatic rings. The Hall–Kier alpha value is -2.51. The predicted octanol–water partition coefficient (Wildman–Crippen LogP) is 4.55. The molecule has 2 aromatic carbocycles. The summed E-state index contributed by atoms with van der Waals surface area (Å²) in [6, 6.07) is 13.2. The molecule has 1 heterocycles. The number of amides is 1. The van der Waals surface area contributed by atoms with Gasteiger partial charge >= 0.3 is 0 Å². The van der Waals surface area contributed by atoms with E-state index < -0.39 is 0 Å². The van der Waals surface area contributed by atoms with E-state index in [0.29, 0.717) is 20.2 Å². The first-order valence-electron chi connectivity index (χ1n) is 7.11. The molecule has 0 radical (unpaired) electrons. The van der Waals surface area contributed by atoms with E-state index in [1.165, 1.54) is 12.1 Å². The van der Waals surface area contributed by atoms with Crippen LogP contribution in [0, 0.1) is 16.7 Å². The molecule has 1 amide bonds. The number of hydrogen-bond acceptors (Lipinski definition) is 4. The van der Waals surface area contributed by atoms with Crippen LogP contribution >= 0.6 is 23.6 Å². The summed E-state index contributed by atoms with van der Waals surface area (Å²) in [6.45, 7) is 1.94. The highest BCUT2D eigenvalue weighted by Gasteiger charge is 2.18. The lowest BCUT2D eigenvalue weighted by atomic mass is 10.2. The Labute approximate surface area is 147 Å². The fourth-order valence-corrected chi connectivity index (χ4v) is 3.56. The summed E-state index contributed by atoms with van der Waals surface area (Å²) in [5, 5.41) is 2.81. The molecule has 0 spiro atoms. The molecule has 0 bridgehead atoms. The van der Waals surface area contributed by atoms with Crippen molar-refractivity contribution in [3.63, 3.8) is 0 Å². The lowest BCUT2D eigenvalue weighted by Gasteiger charge is -2.07. The molecule has 0 aliphatic carbocycles. The highest BCUT2D eigenvalue weighted by atomic mass is 32.1. The summed E-state index contributed by atoms with van der Waals surface area (Å²) >= 11 is 6.43. The molecule has 3 rings (SSSR count). The molecule has 122 valence electrons. The fraction of sp³-hybridized carbons (Fsp3) is 0.0588. The third-order valence-corrected chi connectivity index (χ3v) is 4.80. The SMILES string of the molecule is Cc1cccc(NC(=O)c2sc(=S)n(-c3ccc(F)cc3)c2N)c1. The van der Waals surface area contributed by atoms with Crippen LogP contribution in [-0.4, -0.2) is 10.5 Å². The Morgan fingerprint density at radius 2 is 1.96 bits per heavy atom. The van der Waals surface area contributed by atoms with Gasteiger partial charge in [-0.3, -0.25) is 9.36 Å². The van der Waals surface area contributed by atoms with E-state index in [1.807, 2.05) is 25.1 Å². The maximum absolute atomic E-state index is 13.1. The van der Waals surface area contributed by atoms with Gasteiger partial charge in [-0.05, 0) is 61.1 Å². The van der Waals surface area contributed by atoms with Gasteiger partial charge in [-0.1, -0.05) is 23.5 Å². The van der Waals surface area contributed by atoms with E-state index in [-0.39, 0.29) is 17.5 Å². The van der Waals surface area contributed by atoms with Gasteiger partial charge < -0.3 is 11.1 Å². The third-order valence-electron chi connectivity index (χ3n) is 3.41. The van der Waals surface area contributed by atoms with Crippen molar-refractivity contribution >= 4 is 41.0 Å². The predicted molar refractivity (Wildman–Crippen MR) is 98.0 cm³/mol. The maximum atomic E-state index is 13.1. The van der Waals surface area contributed by atoms with Gasteiger partial charge in [-0.2, -0.15) is 0 Å². The van der Waals surface area contributed by atoms with Gasteiger partial charge in [0.05, 0.1) is 0 Å². The Morgan fingerprint density at radius 3 is 2.62 bits per heavy atom. The minimum atomic E-state index is -0.350. The minimum Gasteiger partial charge on any atom is -0.383 e. The number of anilines is 2. The van der Waals surface area contributed by atoms with Crippen molar-refractivity contribution in [3.05, 3.63) is 68.7 Å². The number of carbonyl (C=O) groups is 1. The van der Waals surface area contributed by atoms with E-state index in [2.05, 4.69) is 5.32 Å². The van der Waals surface area contributed by atoms with E-state index in [4.69, 9.17) is 18.0 Å². The first-order chi connectivity index (χ1) is 11.5. The Balaban J connectivity index is 1.95. The Kier molecular flexibility index (Phi) is 4.46. The van der Waals surface area contributed by atoms with Crippen molar-refractivity contribution < 1.29 is 9.18 Å². The number of thiazole rings is 1. The average molecular weight is 359 g/mol. The van der Waals surface area contributed by atoms with Crippen molar-refractivity contribution in [2.45, 2.75) is 6.92 Å². The van der Waals surface area contributed by atoms with Crippen LogP contribution in [0.2, 0.25) is 0 Å². The smallest absolute Gasteiger partial charge is 0.269 e. The summed E-state index contributed by atoms with van der Waals surface area (Å²) < 4.78 is 15.1. The number of hydrogen-bond donors (Lipinski definition) is 2. The molecule has 3 aromatic rings. The van der Waals surface area contributed by atoms with Gasteiger partial charge in [0.15, 0.2) is 3.95 Å². The summed E-state index contributed by atoms with van der Waals surface area (Å²) in [4.78, 5) is 12.8. The lowest BCUT2D eigenvalue weighted by Crippen LogP contribution is -2.13. The molecule has 0 atom stereocenters. The average Bonchev–Trinajstić information content (AvgIpc) is 2.83. The van der Waals surface area contributed by atoms with Gasteiger partial charge in [-0.15, -0.1) is 0 Å². The molecule has 0 aliphatic heterocycles. The van der Waals surface area contributed by atoms with Gasteiger partial charge in [0.2, 0.25) is 0 Å². The standard InChI is InChI=1S/C17H14FN3OS2/c1-10-3-2-4-12(9-10)20-16(22)14-15(19)21(17(23)24-14)13-7-5-11(18)6-8-13/h2-9H,19H2,1H3,(H,20,22). The van der Waals surface area contributed by atoms with Gasteiger partial charge in [0, 0.05) is 11.4 Å². The second-order valence-electron chi connectivity index (χ2n) is 5.22. The number of nitrogens with one attached hydrogen (secondary N) is 1. The van der Waals surface area contributed by atoms with Gasteiger partial charge in [0.1, 0.15) is 16.5 Å². The molecule has 3 N–H and O–H groups in total. The Bertz CT molecular complexity index is 961. The highest BCUT2D eigenvalue weighted by molar-refractivity contribution is 7.73. The first kappa shape index (κ1) is 16.4. The van der Waals surface area contributed by atoms with Crippen LogP contribution in [0.5, 0.6) is 0 Å². The number of nitrogen functional groups attached to an aromatic ring is 1. The number of aryl methyl sites for hydroxylation is 1. The van der Waals surface area contributed by atoms with Gasteiger partial charge in [0.25, 0.3) is 5.91 Å². The second kappa shape index (κ2) is 6.54. The second-order valence-corrected chi connectivity index (χ2v) is 6.86. The van der Waals surface area contributed by atoms with Crippen LogP contribution in [-0.2, 0) is 0 Å². The molecule has 7 heteroatoms. The largest absolute Gasteiger partial charge is 0.383 e. The van der Waals surface area contributed by atoms with Crippen LogP contribution < -0.4 is 11.1 Å². The number of aromatic nitrogens is 1. The number of nitrogens with zero attached hydrogens (tertiary/aromatic N) is 1. The molecule has 4 nitrogen and oxygen atoms in total. The number of rotatable bonds is 3. The zero-order valence-electron chi connectivity index (χ0n) is 12.7. The van der Waals surface area contributed by atoms with Crippen LogP contribution in [0.3, 0.4) is 0 Å². The van der Waals surface area contributed by atoms with Crippen LogP contribution in [0.15, 0.2) is 48.5 Å². The van der Waals surface area contributed by atoms with Crippen LogP contribution in [0.25, 0.3) is 5.69 Å². The van der Waals surface area contributed by atoms with Gasteiger partial charge in [-0.25, -0.2) is 4.39 Å². The highest BCUT2D eigenvalue weighted by Crippen LogP contribution is 2.27. The fourth-order valence-electron chi connectivity index (χ4n) is 2.29. The first-order valence-corrected chi connectivity index (χ1v) is 8.33. The molecular formula is C17H14FN3OS2. The van der Waals surface area contributed by atoms with Crippen molar-refractivity contribution in [1.29, 1.82) is 0 Å². The molecule has 24 heavy (non-hydrogen) atoms. The molecular weight excluding hydrogens is 345 g/mol. The zero-order chi connectivity index (χ0) is 17.3. The summed E-state index contributed by atoms with van der Waals surface area (Å²) in [5.41, 5.74) is 8.45. The van der Waals surface area contributed by atoms with Crippen molar-refractivity contribution in [2.75, 3.05) is 11.1 Å². The van der Waals surface area contributed by atoms with Crippen LogP contribution in [0.4, 0.5) is 15.9 Å². The molecule has 1 aromatic heterocycles. The Morgan fingerprint density at radius 1 is 1.25 bits per heavy atom. The maximum Gasteiger partial charge on any atom is 0.269 e.